The summed E-state index contributed by atoms with van der Waals surface area (Å²) in [4.78, 5) is 15.2. The van der Waals surface area contributed by atoms with Crippen LogP contribution in [0, 0.1) is 0 Å². The summed E-state index contributed by atoms with van der Waals surface area (Å²) in [5.41, 5.74) is 3.00. The molecule has 3 aromatic rings. The fourth-order valence-corrected chi connectivity index (χ4v) is 3.87. The second-order valence-electron chi connectivity index (χ2n) is 6.92. The number of ether oxygens (including phenoxy) is 4. The van der Waals surface area contributed by atoms with Crippen molar-refractivity contribution >= 4 is 17.3 Å². The van der Waals surface area contributed by atoms with E-state index in [1.54, 1.807) is 4.90 Å². The van der Waals surface area contributed by atoms with Crippen LogP contribution in [-0.2, 0) is 0 Å². The molecule has 1 amide bonds. The van der Waals surface area contributed by atoms with Gasteiger partial charge in [0.2, 0.25) is 13.6 Å². The van der Waals surface area contributed by atoms with Gasteiger partial charge in [-0.1, -0.05) is 18.2 Å². The van der Waals surface area contributed by atoms with Gasteiger partial charge < -0.3 is 24.3 Å². The zero-order valence-electron chi connectivity index (χ0n) is 15.3. The number of hydrogen-bond acceptors (Lipinski definition) is 6. The number of anilines is 2. The van der Waals surface area contributed by atoms with E-state index in [-0.39, 0.29) is 19.5 Å². The summed E-state index contributed by atoms with van der Waals surface area (Å²) >= 11 is 0. The van der Waals surface area contributed by atoms with Gasteiger partial charge in [0.1, 0.15) is 6.17 Å². The number of carbonyl (C=O) groups excluding carboxylic acids is 1. The maximum Gasteiger partial charge on any atom is 0.262 e. The molecule has 0 saturated carbocycles. The van der Waals surface area contributed by atoms with Crippen molar-refractivity contribution in [1.82, 2.24) is 0 Å². The van der Waals surface area contributed by atoms with Crippen LogP contribution in [0.5, 0.6) is 23.0 Å². The number of nitrogens with one attached hydrogen (secondary N) is 1. The highest BCUT2D eigenvalue weighted by atomic mass is 16.7. The van der Waals surface area contributed by atoms with E-state index < -0.39 is 6.17 Å². The minimum atomic E-state index is -0.424. The third kappa shape index (κ3) is 2.47. The van der Waals surface area contributed by atoms with E-state index in [4.69, 9.17) is 18.9 Å². The topological polar surface area (TPSA) is 69.3 Å². The summed E-state index contributed by atoms with van der Waals surface area (Å²) in [6.45, 7) is 0.379. The predicted molar refractivity (Wildman–Crippen MR) is 105 cm³/mol. The molecule has 0 spiro atoms. The molecule has 0 aliphatic carbocycles. The van der Waals surface area contributed by atoms with Crippen molar-refractivity contribution in [3.8, 4) is 23.0 Å². The molecule has 1 N–H and O–H groups in total. The highest BCUT2D eigenvalue weighted by molar-refractivity contribution is 6.12. The Morgan fingerprint density at radius 3 is 2.31 bits per heavy atom. The standard InChI is InChI=1S/C22H16N2O5/c25-22-15-3-1-2-4-16(15)23-21(13-5-7-17-19(9-13)28-11-26-17)24(22)14-6-8-18-20(10-14)29-12-27-18/h1-10,21,23H,11-12H2. The smallest absolute Gasteiger partial charge is 0.262 e. The molecule has 144 valence electrons. The maximum atomic E-state index is 13.5. The van der Waals surface area contributed by atoms with Gasteiger partial charge in [0.05, 0.1) is 11.3 Å². The van der Waals surface area contributed by atoms with Crippen LogP contribution in [0.1, 0.15) is 22.1 Å². The molecule has 7 heteroatoms. The van der Waals surface area contributed by atoms with Crippen LogP contribution in [-0.4, -0.2) is 19.5 Å². The fraction of sp³-hybridized carbons (Fsp3) is 0.136. The maximum absolute atomic E-state index is 13.5. The normalized spacial score (nSPS) is 18.4. The number of benzene rings is 3. The summed E-state index contributed by atoms with van der Waals surface area (Å²) in [6.07, 6.45) is -0.424. The van der Waals surface area contributed by atoms with Crippen LogP contribution >= 0.6 is 0 Å². The molecular formula is C22H16N2O5. The predicted octanol–water partition coefficient (Wildman–Crippen LogP) is 3.92. The quantitative estimate of drug-likeness (QED) is 0.718. The van der Waals surface area contributed by atoms with Crippen LogP contribution in [0.4, 0.5) is 11.4 Å². The van der Waals surface area contributed by atoms with Gasteiger partial charge in [-0.2, -0.15) is 0 Å². The number of carbonyl (C=O) groups is 1. The minimum Gasteiger partial charge on any atom is -0.454 e. The molecule has 0 bridgehead atoms. The molecule has 3 aromatic carbocycles. The third-order valence-corrected chi connectivity index (χ3v) is 5.27. The van der Waals surface area contributed by atoms with Crippen molar-refractivity contribution < 1.29 is 23.7 Å². The Morgan fingerprint density at radius 2 is 1.48 bits per heavy atom. The Hall–Kier alpha value is -3.87. The zero-order chi connectivity index (χ0) is 19.4. The second-order valence-corrected chi connectivity index (χ2v) is 6.92. The first-order chi connectivity index (χ1) is 14.3. The zero-order valence-corrected chi connectivity index (χ0v) is 15.3. The molecule has 29 heavy (non-hydrogen) atoms. The lowest BCUT2D eigenvalue weighted by molar-refractivity contribution is 0.0975. The lowest BCUT2D eigenvalue weighted by atomic mass is 10.0. The van der Waals surface area contributed by atoms with Crippen LogP contribution in [0.15, 0.2) is 60.7 Å². The number of amides is 1. The average Bonchev–Trinajstić information content (AvgIpc) is 3.41. The van der Waals surface area contributed by atoms with Gasteiger partial charge in [-0.15, -0.1) is 0 Å². The first kappa shape index (κ1) is 16.1. The van der Waals surface area contributed by atoms with E-state index >= 15 is 0 Å². The summed E-state index contributed by atoms with van der Waals surface area (Å²) in [5, 5.41) is 3.49. The van der Waals surface area contributed by atoms with E-state index in [0.29, 0.717) is 34.2 Å². The molecule has 0 fully saturated rings. The Morgan fingerprint density at radius 1 is 0.793 bits per heavy atom. The van der Waals surface area contributed by atoms with Gasteiger partial charge in [-0.25, -0.2) is 0 Å². The molecular weight excluding hydrogens is 372 g/mol. The van der Waals surface area contributed by atoms with Crippen LogP contribution in [0.25, 0.3) is 0 Å². The third-order valence-electron chi connectivity index (χ3n) is 5.27. The monoisotopic (exact) mass is 388 g/mol. The van der Waals surface area contributed by atoms with Crippen LogP contribution < -0.4 is 29.2 Å². The van der Waals surface area contributed by atoms with Gasteiger partial charge >= 0.3 is 0 Å². The van der Waals surface area contributed by atoms with Gasteiger partial charge in [-0.3, -0.25) is 9.69 Å². The second kappa shape index (κ2) is 6.07. The van der Waals surface area contributed by atoms with Crippen molar-refractivity contribution in [3.05, 3.63) is 71.8 Å². The first-order valence-electron chi connectivity index (χ1n) is 9.26. The Balaban J connectivity index is 1.49. The Labute approximate surface area is 166 Å². The van der Waals surface area contributed by atoms with E-state index in [1.165, 1.54) is 0 Å². The summed E-state index contributed by atoms with van der Waals surface area (Å²) in [7, 11) is 0. The van der Waals surface area contributed by atoms with Gasteiger partial charge in [0, 0.05) is 11.8 Å². The van der Waals surface area contributed by atoms with E-state index in [0.717, 1.165) is 11.3 Å². The molecule has 6 rings (SSSR count). The van der Waals surface area contributed by atoms with Crippen molar-refractivity contribution in [1.29, 1.82) is 0 Å². The van der Waals surface area contributed by atoms with E-state index in [2.05, 4.69) is 5.32 Å². The van der Waals surface area contributed by atoms with Crippen molar-refractivity contribution in [2.75, 3.05) is 23.8 Å². The lowest BCUT2D eigenvalue weighted by Gasteiger charge is -2.38. The molecule has 3 aliphatic heterocycles. The fourth-order valence-electron chi connectivity index (χ4n) is 3.87. The van der Waals surface area contributed by atoms with Gasteiger partial charge in [0.15, 0.2) is 23.0 Å². The van der Waals surface area contributed by atoms with E-state index in [9.17, 15) is 4.79 Å². The molecule has 3 heterocycles. The number of fused-ring (bicyclic) bond motifs is 3. The number of nitrogens with zero attached hydrogens (tertiary/aromatic N) is 1. The van der Waals surface area contributed by atoms with E-state index in [1.807, 2.05) is 60.7 Å². The highest BCUT2D eigenvalue weighted by Gasteiger charge is 2.35. The summed E-state index contributed by atoms with van der Waals surface area (Å²) < 4.78 is 21.9. The number of rotatable bonds is 2. The molecule has 1 atom stereocenters. The lowest BCUT2D eigenvalue weighted by Crippen LogP contribution is -2.43. The minimum absolute atomic E-state index is 0.0964. The first-order valence-corrected chi connectivity index (χ1v) is 9.26. The largest absolute Gasteiger partial charge is 0.454 e. The molecule has 0 aromatic heterocycles. The summed E-state index contributed by atoms with van der Waals surface area (Å²) in [5.74, 6) is 2.57. The van der Waals surface area contributed by atoms with Crippen molar-refractivity contribution in [2.24, 2.45) is 0 Å². The van der Waals surface area contributed by atoms with Crippen LogP contribution in [0.3, 0.4) is 0 Å². The molecule has 7 nitrogen and oxygen atoms in total. The van der Waals surface area contributed by atoms with Crippen molar-refractivity contribution in [3.63, 3.8) is 0 Å². The number of para-hydroxylation sites is 1. The molecule has 3 aliphatic rings. The van der Waals surface area contributed by atoms with Crippen LogP contribution in [0.2, 0.25) is 0 Å². The highest BCUT2D eigenvalue weighted by Crippen LogP contribution is 2.43. The molecule has 0 saturated heterocycles. The Kier molecular flexibility index (Phi) is 3.37. The molecule has 1 unspecified atom stereocenters. The number of hydrogen-bond donors (Lipinski definition) is 1. The van der Waals surface area contributed by atoms with Crippen molar-refractivity contribution in [2.45, 2.75) is 6.17 Å². The average molecular weight is 388 g/mol. The van der Waals surface area contributed by atoms with Gasteiger partial charge in [0.25, 0.3) is 5.91 Å². The SMILES string of the molecule is O=C1c2ccccc2NC(c2ccc3c(c2)OCO3)N1c1ccc2c(c1)OCO2. The van der Waals surface area contributed by atoms with Gasteiger partial charge in [-0.05, 0) is 42.0 Å². The summed E-state index contributed by atoms with van der Waals surface area (Å²) in [6, 6.07) is 18.7. The molecule has 0 radical (unpaired) electrons. The Bertz CT molecular complexity index is 1150.